The molecule has 2 aliphatic rings. The van der Waals surface area contributed by atoms with Crippen molar-refractivity contribution in [3.05, 3.63) is 47.8 Å². The quantitative estimate of drug-likeness (QED) is 0.353. The van der Waals surface area contributed by atoms with Crippen LogP contribution in [-0.4, -0.2) is 0 Å². The van der Waals surface area contributed by atoms with E-state index in [0.717, 1.165) is 13.1 Å². The van der Waals surface area contributed by atoms with Crippen molar-refractivity contribution in [2.45, 2.75) is 13.1 Å². The van der Waals surface area contributed by atoms with E-state index in [1.807, 2.05) is 0 Å². The van der Waals surface area contributed by atoms with Crippen molar-refractivity contribution in [3.8, 4) is 11.4 Å². The molecule has 1 aromatic carbocycles. The minimum atomic E-state index is 1.04. The van der Waals surface area contributed by atoms with Crippen LogP contribution >= 0.6 is 0 Å². The summed E-state index contributed by atoms with van der Waals surface area (Å²) in [4.78, 5) is 0. The monoisotopic (exact) mass is 182 g/mol. The summed E-state index contributed by atoms with van der Waals surface area (Å²) >= 11 is 0. The van der Waals surface area contributed by atoms with Gasteiger partial charge in [-0.25, -0.2) is 0 Å². The summed E-state index contributed by atoms with van der Waals surface area (Å²) in [7, 11) is 0. The lowest BCUT2D eigenvalue weighted by molar-refractivity contribution is -0.792. The van der Waals surface area contributed by atoms with E-state index in [0.29, 0.717) is 0 Å². The molecular formula is C12H10N2+2. The zero-order valence-electron chi connectivity index (χ0n) is 7.77. The fourth-order valence-electron chi connectivity index (χ4n) is 2.67. The van der Waals surface area contributed by atoms with Crippen LogP contribution in [-0.2, 0) is 13.1 Å². The first-order chi connectivity index (χ1) is 6.93. The highest BCUT2D eigenvalue weighted by Crippen LogP contribution is 2.31. The minimum Gasteiger partial charge on any atom is -0.138 e. The van der Waals surface area contributed by atoms with Crippen molar-refractivity contribution in [1.29, 1.82) is 0 Å². The number of hydrogen-bond donors (Lipinski definition) is 0. The molecule has 0 bridgehead atoms. The molecule has 1 aromatic heterocycles. The maximum atomic E-state index is 2.33. The van der Waals surface area contributed by atoms with E-state index in [1.165, 1.54) is 22.5 Å². The zero-order chi connectivity index (χ0) is 9.12. The first kappa shape index (κ1) is 6.71. The van der Waals surface area contributed by atoms with Gasteiger partial charge in [-0.2, -0.15) is 0 Å². The van der Waals surface area contributed by atoms with E-state index in [1.54, 1.807) is 0 Å². The Labute approximate surface area is 82.1 Å². The zero-order valence-corrected chi connectivity index (χ0v) is 7.77. The van der Waals surface area contributed by atoms with Crippen molar-refractivity contribution in [2.75, 3.05) is 0 Å². The molecule has 0 saturated carbocycles. The highest BCUT2D eigenvalue weighted by molar-refractivity contribution is 5.64. The average molecular weight is 182 g/mol. The van der Waals surface area contributed by atoms with Gasteiger partial charge < -0.3 is 0 Å². The van der Waals surface area contributed by atoms with Gasteiger partial charge in [0, 0.05) is 11.1 Å². The van der Waals surface area contributed by atoms with Crippen LogP contribution in [0.2, 0.25) is 0 Å². The largest absolute Gasteiger partial charge is 0.452 e. The molecule has 0 N–H and O–H groups in total. The lowest BCUT2D eigenvalue weighted by Crippen LogP contribution is -2.45. The van der Waals surface area contributed by atoms with E-state index in [9.17, 15) is 0 Å². The van der Waals surface area contributed by atoms with Crippen LogP contribution in [0.5, 0.6) is 0 Å². The second kappa shape index (κ2) is 2.03. The molecule has 0 amide bonds. The Morgan fingerprint density at radius 2 is 1.50 bits per heavy atom. The fourth-order valence-corrected chi connectivity index (χ4v) is 2.67. The van der Waals surface area contributed by atoms with E-state index < -0.39 is 0 Å². The first-order valence-electron chi connectivity index (χ1n) is 4.96. The Balaban J connectivity index is 2.22. The standard InChI is InChI=1S/C12H10N2/c1-3-9-7-13-5-2-6-14-8-10(4-1)11(9)12(13)14/h1-6H,7-8H2/q+2. The number of nitrogens with zero attached hydrogens (tertiary/aromatic N) is 2. The lowest BCUT2D eigenvalue weighted by Gasteiger charge is -1.93. The predicted molar refractivity (Wildman–Crippen MR) is 50.5 cm³/mol. The van der Waals surface area contributed by atoms with Gasteiger partial charge in [0.2, 0.25) is 0 Å². The van der Waals surface area contributed by atoms with E-state index in [-0.39, 0.29) is 0 Å². The Bertz CT molecular complexity index is 466. The van der Waals surface area contributed by atoms with Gasteiger partial charge in [-0.3, -0.25) is 0 Å². The van der Waals surface area contributed by atoms with Crippen molar-refractivity contribution >= 4 is 0 Å². The van der Waals surface area contributed by atoms with Gasteiger partial charge in [-0.15, -0.1) is 9.13 Å². The van der Waals surface area contributed by atoms with Crippen LogP contribution in [0, 0.1) is 0 Å². The van der Waals surface area contributed by atoms with E-state index in [4.69, 9.17) is 0 Å². The molecule has 66 valence electrons. The number of rotatable bonds is 0. The van der Waals surface area contributed by atoms with Crippen LogP contribution in [0.3, 0.4) is 0 Å². The fraction of sp³-hybridized carbons (Fsp3) is 0.167. The smallest absolute Gasteiger partial charge is 0.138 e. The van der Waals surface area contributed by atoms with Gasteiger partial charge in [-0.05, 0) is 0 Å². The molecule has 2 nitrogen and oxygen atoms in total. The van der Waals surface area contributed by atoms with E-state index >= 15 is 0 Å². The van der Waals surface area contributed by atoms with Gasteiger partial charge in [0.15, 0.2) is 25.5 Å². The van der Waals surface area contributed by atoms with Crippen LogP contribution in [0.4, 0.5) is 0 Å². The van der Waals surface area contributed by atoms with Crippen molar-refractivity contribution in [1.82, 2.24) is 0 Å². The van der Waals surface area contributed by atoms with Gasteiger partial charge in [0.25, 0.3) is 0 Å². The Morgan fingerprint density at radius 1 is 0.857 bits per heavy atom. The normalized spacial score (nSPS) is 14.6. The molecule has 0 atom stereocenters. The topological polar surface area (TPSA) is 7.76 Å². The SMILES string of the molecule is c1cc2c3c(c1)C[n+]1ccc[n+](c1-3)C2. The van der Waals surface area contributed by atoms with Crippen molar-refractivity contribution < 1.29 is 9.13 Å². The summed E-state index contributed by atoms with van der Waals surface area (Å²) in [5, 5.41) is 0. The summed E-state index contributed by atoms with van der Waals surface area (Å²) in [5.74, 6) is 1.39. The third kappa shape index (κ3) is 0.607. The second-order valence-corrected chi connectivity index (χ2v) is 4.02. The maximum Gasteiger partial charge on any atom is 0.452 e. The third-order valence-electron chi connectivity index (χ3n) is 3.22. The van der Waals surface area contributed by atoms with Crippen molar-refractivity contribution in [3.63, 3.8) is 0 Å². The Hall–Kier alpha value is -1.70. The Kier molecular flexibility index (Phi) is 0.973. The molecular weight excluding hydrogens is 172 g/mol. The summed E-state index contributed by atoms with van der Waals surface area (Å²) < 4.78 is 4.67. The second-order valence-electron chi connectivity index (χ2n) is 4.02. The van der Waals surface area contributed by atoms with Gasteiger partial charge in [0.05, 0.1) is 6.07 Å². The number of hydrogen-bond acceptors (Lipinski definition) is 0. The molecule has 4 rings (SSSR count). The molecule has 14 heavy (non-hydrogen) atoms. The van der Waals surface area contributed by atoms with Gasteiger partial charge >= 0.3 is 5.82 Å². The van der Waals surface area contributed by atoms with Crippen LogP contribution in [0.25, 0.3) is 11.4 Å². The van der Waals surface area contributed by atoms with Crippen LogP contribution in [0.15, 0.2) is 36.7 Å². The molecule has 0 saturated heterocycles. The first-order valence-corrected chi connectivity index (χ1v) is 4.96. The molecule has 0 fully saturated rings. The molecule has 0 spiro atoms. The summed E-state index contributed by atoms with van der Waals surface area (Å²) in [6.07, 6.45) is 4.34. The minimum absolute atomic E-state index is 1.04. The molecule has 0 radical (unpaired) electrons. The highest BCUT2D eigenvalue weighted by Gasteiger charge is 2.42. The summed E-state index contributed by atoms with van der Waals surface area (Å²) in [6, 6.07) is 8.77. The summed E-state index contributed by atoms with van der Waals surface area (Å²) in [5.41, 5.74) is 4.42. The average Bonchev–Trinajstić information content (AvgIpc) is 2.74. The number of aromatic nitrogens is 2. The maximum absolute atomic E-state index is 2.33. The third-order valence-corrected chi connectivity index (χ3v) is 3.22. The highest BCUT2D eigenvalue weighted by atomic mass is 15.2. The predicted octanol–water partition coefficient (Wildman–Crippen LogP) is 0.652. The molecule has 0 aliphatic carbocycles. The van der Waals surface area contributed by atoms with Gasteiger partial charge in [0.1, 0.15) is 5.56 Å². The number of benzene rings is 1. The molecule has 3 heterocycles. The van der Waals surface area contributed by atoms with Crippen molar-refractivity contribution in [2.24, 2.45) is 0 Å². The molecule has 0 unspecified atom stereocenters. The Morgan fingerprint density at radius 3 is 2.14 bits per heavy atom. The molecule has 2 heteroatoms. The molecule has 2 aliphatic heterocycles. The lowest BCUT2D eigenvalue weighted by atomic mass is 10.1. The molecule has 2 aromatic rings. The summed E-state index contributed by atoms with van der Waals surface area (Å²) in [6.45, 7) is 2.08. The van der Waals surface area contributed by atoms with Crippen LogP contribution in [0.1, 0.15) is 11.1 Å². The van der Waals surface area contributed by atoms with Gasteiger partial charge in [-0.1, -0.05) is 18.2 Å². The van der Waals surface area contributed by atoms with E-state index in [2.05, 4.69) is 45.8 Å². The van der Waals surface area contributed by atoms with Crippen LogP contribution < -0.4 is 9.13 Å².